The highest BCUT2D eigenvalue weighted by Gasteiger charge is 2.35. The van der Waals surface area contributed by atoms with E-state index in [1.165, 1.54) is 5.01 Å². The van der Waals surface area contributed by atoms with Crippen LogP contribution in [0.4, 0.5) is 0 Å². The number of carbonyl (C=O) groups excluding carboxylic acids is 1. The number of carbonyl (C=O) groups is 1. The summed E-state index contributed by atoms with van der Waals surface area (Å²) >= 11 is 13.8. The van der Waals surface area contributed by atoms with E-state index in [1.807, 2.05) is 23.6 Å². The molecular formula is C19H14Cl2N2O3S. The fraction of sp³-hybridized carbons (Fsp3) is 0.158. The normalized spacial score (nSPS) is 16.4. The molecule has 0 fully saturated rings. The molecule has 0 radical (unpaired) electrons. The lowest BCUT2D eigenvalue weighted by atomic mass is 10.1. The fourth-order valence-corrected chi connectivity index (χ4v) is 4.08. The topological polar surface area (TPSA) is 55.0 Å². The van der Waals surface area contributed by atoms with Gasteiger partial charge in [-0.15, -0.1) is 11.3 Å². The maximum atomic E-state index is 12.8. The molecule has 0 aliphatic carbocycles. The molecule has 0 saturated carbocycles. The average Bonchev–Trinajstić information content (AvgIpc) is 3.40. The van der Waals surface area contributed by atoms with Gasteiger partial charge in [0, 0.05) is 6.42 Å². The van der Waals surface area contributed by atoms with Gasteiger partial charge in [0.25, 0.3) is 5.91 Å². The van der Waals surface area contributed by atoms with Crippen LogP contribution in [0.5, 0.6) is 5.75 Å². The number of hydrogen-bond donors (Lipinski definition) is 0. The van der Waals surface area contributed by atoms with E-state index >= 15 is 0 Å². The molecular weight excluding hydrogens is 407 g/mol. The molecule has 0 N–H and O–H groups in total. The largest absolute Gasteiger partial charge is 0.481 e. The third-order valence-electron chi connectivity index (χ3n) is 4.10. The van der Waals surface area contributed by atoms with Gasteiger partial charge in [-0.3, -0.25) is 4.79 Å². The first-order chi connectivity index (χ1) is 13.1. The van der Waals surface area contributed by atoms with Crippen LogP contribution < -0.4 is 4.74 Å². The molecule has 2 aromatic heterocycles. The van der Waals surface area contributed by atoms with Gasteiger partial charge >= 0.3 is 0 Å². The molecule has 1 amide bonds. The van der Waals surface area contributed by atoms with Crippen molar-refractivity contribution in [2.45, 2.75) is 12.5 Å². The quantitative estimate of drug-likeness (QED) is 0.554. The summed E-state index contributed by atoms with van der Waals surface area (Å²) in [5.74, 6) is 0.652. The van der Waals surface area contributed by atoms with Gasteiger partial charge in [-0.25, -0.2) is 5.01 Å². The zero-order chi connectivity index (χ0) is 18.8. The Balaban J connectivity index is 1.55. The number of nitrogens with zero attached hydrogens (tertiary/aromatic N) is 2. The van der Waals surface area contributed by atoms with Crippen molar-refractivity contribution in [3.8, 4) is 5.75 Å². The van der Waals surface area contributed by atoms with Gasteiger partial charge in [0.05, 0.1) is 26.9 Å². The minimum absolute atomic E-state index is 0.234. The summed E-state index contributed by atoms with van der Waals surface area (Å²) in [4.78, 5) is 13.9. The first-order valence-corrected chi connectivity index (χ1v) is 9.80. The van der Waals surface area contributed by atoms with Crippen molar-refractivity contribution in [2.24, 2.45) is 5.10 Å². The van der Waals surface area contributed by atoms with Crippen molar-refractivity contribution < 1.29 is 13.9 Å². The van der Waals surface area contributed by atoms with Crippen molar-refractivity contribution >= 4 is 46.2 Å². The molecule has 1 aliphatic rings. The number of amides is 1. The van der Waals surface area contributed by atoms with Crippen LogP contribution in [0.1, 0.15) is 23.1 Å². The lowest BCUT2D eigenvalue weighted by Crippen LogP contribution is -2.31. The molecule has 5 nitrogen and oxygen atoms in total. The number of para-hydroxylation sites is 1. The zero-order valence-electron chi connectivity index (χ0n) is 14.0. The molecule has 1 atom stereocenters. The molecule has 27 heavy (non-hydrogen) atoms. The molecule has 1 aromatic carbocycles. The Morgan fingerprint density at radius 1 is 1.22 bits per heavy atom. The number of furan rings is 1. The van der Waals surface area contributed by atoms with Gasteiger partial charge in [0.1, 0.15) is 11.8 Å². The highest BCUT2D eigenvalue weighted by atomic mass is 35.5. The van der Waals surface area contributed by atoms with Crippen molar-refractivity contribution in [1.29, 1.82) is 0 Å². The monoisotopic (exact) mass is 420 g/mol. The standard InChI is InChI=1S/C19H14Cl2N2O3S/c20-12-4-1-5-13(21)19(12)26-11-18(24)23-15(16-6-2-8-25-16)10-14(22-23)17-7-3-9-27-17/h1-9,15H,10-11H2. The molecule has 0 bridgehead atoms. The third kappa shape index (κ3) is 3.74. The van der Waals surface area contributed by atoms with Crippen LogP contribution in [0.25, 0.3) is 0 Å². The highest BCUT2D eigenvalue weighted by molar-refractivity contribution is 7.12. The van der Waals surface area contributed by atoms with E-state index in [4.69, 9.17) is 32.4 Å². The Hall–Kier alpha value is -2.28. The third-order valence-corrected chi connectivity index (χ3v) is 5.62. The number of rotatable bonds is 5. The zero-order valence-corrected chi connectivity index (χ0v) is 16.3. The van der Waals surface area contributed by atoms with Crippen LogP contribution in [-0.2, 0) is 4.79 Å². The van der Waals surface area contributed by atoms with E-state index in [1.54, 1.807) is 41.9 Å². The Morgan fingerprint density at radius 2 is 2.04 bits per heavy atom. The lowest BCUT2D eigenvalue weighted by Gasteiger charge is -2.20. The fourth-order valence-electron chi connectivity index (χ4n) is 2.85. The van der Waals surface area contributed by atoms with E-state index in [0.29, 0.717) is 22.2 Å². The number of ether oxygens (including phenoxy) is 1. The smallest absolute Gasteiger partial charge is 0.281 e. The Morgan fingerprint density at radius 3 is 2.70 bits per heavy atom. The number of thiophene rings is 1. The SMILES string of the molecule is O=C(COc1c(Cl)cccc1Cl)N1N=C(c2cccs2)CC1c1ccco1. The molecule has 1 unspecified atom stereocenters. The van der Waals surface area contributed by atoms with Crippen LogP contribution in [0.3, 0.4) is 0 Å². The van der Waals surface area contributed by atoms with Crippen LogP contribution in [-0.4, -0.2) is 23.2 Å². The molecule has 3 aromatic rings. The van der Waals surface area contributed by atoms with E-state index in [-0.39, 0.29) is 24.3 Å². The maximum absolute atomic E-state index is 12.8. The van der Waals surface area contributed by atoms with E-state index in [2.05, 4.69) is 5.10 Å². The summed E-state index contributed by atoms with van der Waals surface area (Å²) < 4.78 is 11.1. The Kier molecular flexibility index (Phi) is 5.20. The minimum atomic E-state index is -0.310. The van der Waals surface area contributed by atoms with Gasteiger partial charge in [-0.1, -0.05) is 35.3 Å². The van der Waals surface area contributed by atoms with Gasteiger partial charge in [-0.2, -0.15) is 5.10 Å². The van der Waals surface area contributed by atoms with Crippen LogP contribution in [0, 0.1) is 0 Å². The minimum Gasteiger partial charge on any atom is -0.481 e. The Bertz CT molecular complexity index is 951. The van der Waals surface area contributed by atoms with Crippen LogP contribution in [0.15, 0.2) is 63.6 Å². The van der Waals surface area contributed by atoms with Gasteiger partial charge in [0.2, 0.25) is 0 Å². The van der Waals surface area contributed by atoms with Gasteiger partial charge in [-0.05, 0) is 35.7 Å². The second-order valence-electron chi connectivity index (χ2n) is 5.84. The summed E-state index contributed by atoms with van der Waals surface area (Å²) in [6, 6.07) is 12.3. The van der Waals surface area contributed by atoms with E-state index < -0.39 is 0 Å². The van der Waals surface area contributed by atoms with Crippen molar-refractivity contribution in [2.75, 3.05) is 6.61 Å². The first-order valence-electron chi connectivity index (χ1n) is 8.17. The molecule has 0 saturated heterocycles. The van der Waals surface area contributed by atoms with Gasteiger partial charge < -0.3 is 9.15 Å². The highest BCUT2D eigenvalue weighted by Crippen LogP contribution is 2.35. The predicted octanol–water partition coefficient (Wildman–Crippen LogP) is 5.40. The second kappa shape index (κ2) is 7.76. The average molecular weight is 421 g/mol. The van der Waals surface area contributed by atoms with E-state index in [9.17, 15) is 4.79 Å². The molecule has 3 heterocycles. The summed E-state index contributed by atoms with van der Waals surface area (Å²) in [6.07, 6.45) is 2.16. The summed E-state index contributed by atoms with van der Waals surface area (Å²) in [5, 5.41) is 8.62. The lowest BCUT2D eigenvalue weighted by molar-refractivity contribution is -0.135. The number of halogens is 2. The summed E-state index contributed by atoms with van der Waals surface area (Å²) in [5.41, 5.74) is 0.843. The first kappa shape index (κ1) is 18.1. The molecule has 8 heteroatoms. The van der Waals surface area contributed by atoms with Gasteiger partial charge in [0.15, 0.2) is 12.4 Å². The van der Waals surface area contributed by atoms with Crippen molar-refractivity contribution in [3.05, 3.63) is 74.8 Å². The van der Waals surface area contributed by atoms with E-state index in [0.717, 1.165) is 10.6 Å². The summed E-state index contributed by atoms with van der Waals surface area (Å²) in [6.45, 7) is -0.234. The molecule has 1 aliphatic heterocycles. The van der Waals surface area contributed by atoms with Crippen molar-refractivity contribution in [3.63, 3.8) is 0 Å². The second-order valence-corrected chi connectivity index (χ2v) is 7.60. The summed E-state index contributed by atoms with van der Waals surface area (Å²) in [7, 11) is 0. The van der Waals surface area contributed by atoms with Crippen LogP contribution >= 0.6 is 34.5 Å². The Labute approximate surface area is 169 Å². The van der Waals surface area contributed by atoms with Crippen LogP contribution in [0.2, 0.25) is 10.0 Å². The molecule has 138 valence electrons. The number of hydrazone groups is 1. The van der Waals surface area contributed by atoms with Crippen molar-refractivity contribution in [1.82, 2.24) is 5.01 Å². The molecule has 4 rings (SSSR count). The number of hydrogen-bond acceptors (Lipinski definition) is 5. The maximum Gasteiger partial charge on any atom is 0.281 e. The molecule has 0 spiro atoms. The number of benzene rings is 1. The predicted molar refractivity (Wildman–Crippen MR) is 106 cm³/mol.